The van der Waals surface area contributed by atoms with Gasteiger partial charge in [-0.1, -0.05) is 31.5 Å². The summed E-state index contributed by atoms with van der Waals surface area (Å²) in [5, 5.41) is 0.536. The van der Waals surface area contributed by atoms with Gasteiger partial charge in [-0.3, -0.25) is 4.79 Å². The molecule has 19 heavy (non-hydrogen) atoms. The first-order valence-corrected chi connectivity index (χ1v) is 7.28. The van der Waals surface area contributed by atoms with Crippen LogP contribution in [-0.4, -0.2) is 23.9 Å². The quantitative estimate of drug-likeness (QED) is 0.845. The molecule has 1 aromatic rings. The highest BCUT2D eigenvalue weighted by atomic mass is 35.5. The van der Waals surface area contributed by atoms with E-state index in [1.54, 1.807) is 6.07 Å². The normalized spacial score (nSPS) is 14.0. The van der Waals surface area contributed by atoms with Crippen molar-refractivity contribution in [1.29, 1.82) is 0 Å². The Hall–Kier alpha value is -1.22. The van der Waals surface area contributed by atoms with Crippen LogP contribution in [0.25, 0.3) is 0 Å². The Labute approximate surface area is 120 Å². The predicted octanol–water partition coefficient (Wildman–Crippen LogP) is 3.42. The van der Waals surface area contributed by atoms with Gasteiger partial charge in [-0.05, 0) is 37.0 Å². The highest BCUT2D eigenvalue weighted by Gasteiger charge is 2.18. The van der Waals surface area contributed by atoms with E-state index < -0.39 is 0 Å². The van der Waals surface area contributed by atoms with Crippen LogP contribution in [0.1, 0.15) is 37.8 Å². The highest BCUT2D eigenvalue weighted by molar-refractivity contribution is 6.33. The van der Waals surface area contributed by atoms with Crippen LogP contribution < -0.4 is 5.73 Å². The van der Waals surface area contributed by atoms with Gasteiger partial charge >= 0.3 is 0 Å². The fourth-order valence-corrected chi connectivity index (χ4v) is 2.47. The van der Waals surface area contributed by atoms with E-state index in [-0.39, 0.29) is 5.91 Å². The van der Waals surface area contributed by atoms with Gasteiger partial charge in [0.1, 0.15) is 0 Å². The zero-order valence-corrected chi connectivity index (χ0v) is 12.8. The standard InChI is InChI=1S/C13H17ClN2O.C2H6/c1-9-6-10(7-11(14)13(9)15)8-12(17)16-4-2-3-5-16;1-2/h6-7H,2-5,8,15H2,1H3;1-2H3. The van der Waals surface area contributed by atoms with E-state index >= 15 is 0 Å². The minimum absolute atomic E-state index is 0.183. The number of halogens is 1. The summed E-state index contributed by atoms with van der Waals surface area (Å²) in [7, 11) is 0. The molecule has 0 bridgehead atoms. The number of rotatable bonds is 2. The van der Waals surface area contributed by atoms with Crippen molar-refractivity contribution in [1.82, 2.24) is 4.90 Å². The largest absolute Gasteiger partial charge is 0.397 e. The minimum Gasteiger partial charge on any atom is -0.397 e. The Balaban J connectivity index is 0.000000861. The van der Waals surface area contributed by atoms with Crippen LogP contribution in [0.2, 0.25) is 5.02 Å². The van der Waals surface area contributed by atoms with Gasteiger partial charge in [-0.15, -0.1) is 0 Å². The average molecular weight is 283 g/mol. The van der Waals surface area contributed by atoms with Crippen molar-refractivity contribution >= 4 is 23.2 Å². The molecule has 1 aliphatic rings. The molecule has 106 valence electrons. The van der Waals surface area contributed by atoms with Crippen LogP contribution in [-0.2, 0) is 11.2 Å². The lowest BCUT2D eigenvalue weighted by Crippen LogP contribution is -2.29. The molecule has 1 aliphatic heterocycles. The SMILES string of the molecule is CC.Cc1cc(CC(=O)N2CCCC2)cc(Cl)c1N. The van der Waals surface area contributed by atoms with Crippen molar-refractivity contribution < 1.29 is 4.79 Å². The molecule has 2 N–H and O–H groups in total. The summed E-state index contributed by atoms with van der Waals surface area (Å²) in [5.74, 6) is 0.183. The molecule has 0 atom stereocenters. The summed E-state index contributed by atoms with van der Waals surface area (Å²) >= 11 is 6.01. The van der Waals surface area contributed by atoms with Gasteiger partial charge in [0.05, 0.1) is 17.1 Å². The first-order valence-electron chi connectivity index (χ1n) is 6.90. The molecule has 0 aliphatic carbocycles. The van der Waals surface area contributed by atoms with Crippen LogP contribution in [0.5, 0.6) is 0 Å². The Morgan fingerprint density at radius 1 is 1.32 bits per heavy atom. The number of nitrogen functional groups attached to an aromatic ring is 1. The first kappa shape index (κ1) is 15.8. The van der Waals surface area contributed by atoms with Crippen molar-refractivity contribution in [3.05, 3.63) is 28.3 Å². The van der Waals surface area contributed by atoms with Gasteiger partial charge in [-0.2, -0.15) is 0 Å². The van der Waals surface area contributed by atoms with E-state index in [1.807, 2.05) is 31.7 Å². The number of hydrogen-bond acceptors (Lipinski definition) is 2. The van der Waals surface area contributed by atoms with E-state index in [1.165, 1.54) is 0 Å². The molecular formula is C15H23ClN2O. The second kappa shape index (κ2) is 7.39. The molecule has 1 amide bonds. The maximum atomic E-state index is 12.0. The maximum Gasteiger partial charge on any atom is 0.226 e. The monoisotopic (exact) mass is 282 g/mol. The number of benzene rings is 1. The molecule has 0 unspecified atom stereocenters. The fourth-order valence-electron chi connectivity index (χ4n) is 2.18. The average Bonchev–Trinajstić information content (AvgIpc) is 2.92. The number of anilines is 1. The minimum atomic E-state index is 0.183. The molecular weight excluding hydrogens is 260 g/mol. The van der Waals surface area contributed by atoms with Crippen LogP contribution in [0.3, 0.4) is 0 Å². The summed E-state index contributed by atoms with van der Waals surface area (Å²) in [6.45, 7) is 7.69. The van der Waals surface area contributed by atoms with Crippen LogP contribution in [0.4, 0.5) is 5.69 Å². The molecule has 1 saturated heterocycles. The van der Waals surface area contributed by atoms with Gasteiger partial charge in [0, 0.05) is 13.1 Å². The Morgan fingerprint density at radius 3 is 2.42 bits per heavy atom. The van der Waals surface area contributed by atoms with Gasteiger partial charge in [-0.25, -0.2) is 0 Å². The van der Waals surface area contributed by atoms with E-state index in [2.05, 4.69) is 0 Å². The lowest BCUT2D eigenvalue weighted by molar-refractivity contribution is -0.129. The van der Waals surface area contributed by atoms with Crippen molar-refractivity contribution in [3.63, 3.8) is 0 Å². The van der Waals surface area contributed by atoms with E-state index in [4.69, 9.17) is 17.3 Å². The molecule has 3 nitrogen and oxygen atoms in total. The van der Waals surface area contributed by atoms with Gasteiger partial charge in [0.25, 0.3) is 0 Å². The summed E-state index contributed by atoms with van der Waals surface area (Å²) < 4.78 is 0. The number of nitrogens with two attached hydrogens (primary N) is 1. The Morgan fingerprint density at radius 2 is 1.89 bits per heavy atom. The van der Waals surface area contributed by atoms with Crippen molar-refractivity contribution in [2.45, 2.75) is 40.0 Å². The van der Waals surface area contributed by atoms with Gasteiger partial charge in [0.2, 0.25) is 5.91 Å². The predicted molar refractivity (Wildman–Crippen MR) is 81.5 cm³/mol. The second-order valence-electron chi connectivity index (χ2n) is 4.57. The lowest BCUT2D eigenvalue weighted by Gasteiger charge is -2.15. The summed E-state index contributed by atoms with van der Waals surface area (Å²) in [4.78, 5) is 13.9. The van der Waals surface area contributed by atoms with Gasteiger partial charge < -0.3 is 10.6 Å². The third-order valence-electron chi connectivity index (χ3n) is 3.21. The summed E-state index contributed by atoms with van der Waals surface area (Å²) in [6.07, 6.45) is 2.65. The van der Waals surface area contributed by atoms with Crippen LogP contribution in [0.15, 0.2) is 12.1 Å². The molecule has 4 heteroatoms. The van der Waals surface area contributed by atoms with E-state index in [9.17, 15) is 4.79 Å². The molecule has 0 spiro atoms. The van der Waals surface area contributed by atoms with E-state index in [0.717, 1.165) is 37.1 Å². The Kier molecular flexibility index (Phi) is 6.16. The number of aryl methyl sites for hydroxylation is 1. The number of amides is 1. The zero-order chi connectivity index (χ0) is 14.4. The lowest BCUT2D eigenvalue weighted by atomic mass is 10.1. The van der Waals surface area contributed by atoms with E-state index in [0.29, 0.717) is 17.1 Å². The molecule has 0 aromatic heterocycles. The van der Waals surface area contributed by atoms with Gasteiger partial charge in [0.15, 0.2) is 0 Å². The summed E-state index contributed by atoms with van der Waals surface area (Å²) in [5.41, 5.74) is 8.25. The first-order chi connectivity index (χ1) is 9.08. The zero-order valence-electron chi connectivity index (χ0n) is 12.0. The van der Waals surface area contributed by atoms with Crippen LogP contribution in [0, 0.1) is 6.92 Å². The van der Waals surface area contributed by atoms with Crippen molar-refractivity contribution in [3.8, 4) is 0 Å². The topological polar surface area (TPSA) is 46.3 Å². The number of hydrogen-bond donors (Lipinski definition) is 1. The second-order valence-corrected chi connectivity index (χ2v) is 4.98. The highest BCUT2D eigenvalue weighted by Crippen LogP contribution is 2.25. The molecule has 2 rings (SSSR count). The molecule has 0 saturated carbocycles. The smallest absolute Gasteiger partial charge is 0.226 e. The maximum absolute atomic E-state index is 12.0. The van der Waals surface area contributed by atoms with Crippen molar-refractivity contribution in [2.75, 3.05) is 18.8 Å². The summed E-state index contributed by atoms with van der Waals surface area (Å²) in [6, 6.07) is 3.73. The number of carbonyl (C=O) groups is 1. The van der Waals surface area contributed by atoms with Crippen LogP contribution >= 0.6 is 11.6 Å². The third-order valence-corrected chi connectivity index (χ3v) is 3.52. The molecule has 1 aromatic carbocycles. The number of carbonyl (C=O) groups excluding carboxylic acids is 1. The number of likely N-dealkylation sites (tertiary alicyclic amines) is 1. The fraction of sp³-hybridized carbons (Fsp3) is 0.533. The molecule has 1 fully saturated rings. The third kappa shape index (κ3) is 4.13. The van der Waals surface area contributed by atoms with Crippen molar-refractivity contribution in [2.24, 2.45) is 0 Å². The molecule has 1 heterocycles. The number of nitrogens with zero attached hydrogens (tertiary/aromatic N) is 1. The molecule has 0 radical (unpaired) electrons. The Bertz CT molecular complexity index is 417.